The first kappa shape index (κ1) is 24.0. The van der Waals surface area contributed by atoms with Crippen LogP contribution >= 0.6 is 38.2 Å². The summed E-state index contributed by atoms with van der Waals surface area (Å²) in [4.78, 5) is 0. The van der Waals surface area contributed by atoms with Crippen LogP contribution in [0, 0.1) is 0 Å². The van der Waals surface area contributed by atoms with Crippen LogP contribution in [0.25, 0.3) is 0 Å². The van der Waals surface area contributed by atoms with E-state index in [0.717, 1.165) is 11.1 Å². The Hall–Kier alpha value is -0.680. The molecular weight excluding hydrogens is 465 g/mol. The van der Waals surface area contributed by atoms with Gasteiger partial charge in [-0.15, -0.1) is 23.2 Å². The van der Waals surface area contributed by atoms with Gasteiger partial charge in [0, 0.05) is 11.8 Å². The van der Waals surface area contributed by atoms with Crippen molar-refractivity contribution in [1.29, 1.82) is 0 Å². The molecule has 6 nitrogen and oxygen atoms in total. The Bertz CT molecular complexity index is 844. The quantitative estimate of drug-likeness (QED) is 0.326. The standard InChI is InChI=1S/C20H26Cl2N2O4P2/c1-23-19(17-9-5-3-6-10-17)30(26,28-16-14-22)24(2)20(18-11-7-4-8-12-18)29(23,25)27-15-13-21/h3-12,19-20H,13-16H2,1-2H3. The van der Waals surface area contributed by atoms with Crippen molar-refractivity contribution in [3.05, 3.63) is 71.8 Å². The van der Waals surface area contributed by atoms with Crippen LogP contribution in [0.2, 0.25) is 0 Å². The lowest BCUT2D eigenvalue weighted by molar-refractivity contribution is 0.192. The van der Waals surface area contributed by atoms with Gasteiger partial charge >= 0.3 is 0 Å². The molecule has 30 heavy (non-hydrogen) atoms. The second kappa shape index (κ2) is 10.3. The number of rotatable bonds is 8. The predicted molar refractivity (Wildman–Crippen MR) is 122 cm³/mol. The van der Waals surface area contributed by atoms with Crippen molar-refractivity contribution in [2.75, 3.05) is 39.1 Å². The molecule has 0 N–H and O–H groups in total. The van der Waals surface area contributed by atoms with Crippen LogP contribution in [0.1, 0.15) is 22.7 Å². The highest BCUT2D eigenvalue weighted by Gasteiger charge is 2.60. The smallest absolute Gasteiger partial charge is 0.294 e. The Morgan fingerprint density at radius 1 is 0.733 bits per heavy atom. The van der Waals surface area contributed by atoms with Crippen LogP contribution in [0.3, 0.4) is 0 Å². The summed E-state index contributed by atoms with van der Waals surface area (Å²) in [5.41, 5.74) is 1.46. The fraction of sp³-hybridized carbons (Fsp3) is 0.400. The molecule has 164 valence electrons. The lowest BCUT2D eigenvalue weighted by Gasteiger charge is -2.51. The molecule has 1 saturated heterocycles. The van der Waals surface area contributed by atoms with E-state index in [1.54, 1.807) is 23.4 Å². The highest BCUT2D eigenvalue weighted by Crippen LogP contribution is 2.81. The number of hydrogen-bond acceptors (Lipinski definition) is 4. The van der Waals surface area contributed by atoms with E-state index in [0.29, 0.717) is 0 Å². The van der Waals surface area contributed by atoms with Gasteiger partial charge in [0.1, 0.15) is 11.6 Å². The van der Waals surface area contributed by atoms with E-state index in [1.807, 2.05) is 60.7 Å². The molecule has 4 unspecified atom stereocenters. The number of hydrogen-bond donors (Lipinski definition) is 0. The zero-order chi connectivity index (χ0) is 21.8. The minimum Gasteiger partial charge on any atom is -0.315 e. The van der Waals surface area contributed by atoms with Crippen molar-refractivity contribution >= 4 is 38.2 Å². The van der Waals surface area contributed by atoms with Crippen molar-refractivity contribution in [3.63, 3.8) is 0 Å². The zero-order valence-electron chi connectivity index (χ0n) is 16.9. The molecule has 0 aliphatic carbocycles. The topological polar surface area (TPSA) is 59.1 Å². The monoisotopic (exact) mass is 490 g/mol. The second-order valence-corrected chi connectivity index (χ2v) is 12.7. The van der Waals surface area contributed by atoms with Gasteiger partial charge < -0.3 is 9.05 Å². The molecule has 1 aliphatic heterocycles. The van der Waals surface area contributed by atoms with Gasteiger partial charge in [0.2, 0.25) is 0 Å². The molecule has 0 aromatic heterocycles. The molecule has 3 rings (SSSR count). The minimum atomic E-state index is -3.55. The van der Waals surface area contributed by atoms with Crippen molar-refractivity contribution in [2.45, 2.75) is 11.6 Å². The van der Waals surface area contributed by atoms with E-state index in [-0.39, 0.29) is 25.0 Å². The molecule has 4 atom stereocenters. The maximum Gasteiger partial charge on any atom is 0.294 e. The third-order valence-electron chi connectivity index (χ3n) is 5.11. The highest BCUT2D eigenvalue weighted by molar-refractivity contribution is 7.63. The molecule has 10 heteroatoms. The van der Waals surface area contributed by atoms with Crippen LogP contribution in [-0.2, 0) is 18.2 Å². The maximum atomic E-state index is 14.4. The number of benzene rings is 2. The molecule has 0 bridgehead atoms. The molecule has 1 fully saturated rings. The van der Waals surface area contributed by atoms with E-state index in [4.69, 9.17) is 32.2 Å². The second-order valence-electron chi connectivity index (χ2n) is 6.89. The first-order valence-corrected chi connectivity index (χ1v) is 13.9. The van der Waals surface area contributed by atoms with Gasteiger partial charge in [0.25, 0.3) is 15.0 Å². The summed E-state index contributed by atoms with van der Waals surface area (Å²) in [6.07, 6.45) is 0. The van der Waals surface area contributed by atoms with E-state index in [2.05, 4.69) is 0 Å². The first-order chi connectivity index (χ1) is 14.4. The zero-order valence-corrected chi connectivity index (χ0v) is 20.2. The van der Waals surface area contributed by atoms with Crippen LogP contribution in [0.5, 0.6) is 0 Å². The van der Waals surface area contributed by atoms with Gasteiger partial charge in [0.15, 0.2) is 0 Å². The van der Waals surface area contributed by atoms with Crippen molar-refractivity contribution in [2.24, 2.45) is 0 Å². The molecule has 2 aromatic rings. The van der Waals surface area contributed by atoms with Crippen molar-refractivity contribution in [3.8, 4) is 0 Å². The Balaban J connectivity index is 2.20. The molecule has 1 aliphatic rings. The Morgan fingerprint density at radius 2 is 1.07 bits per heavy atom. The van der Waals surface area contributed by atoms with E-state index in [1.165, 1.54) is 0 Å². The molecule has 0 amide bonds. The van der Waals surface area contributed by atoms with Crippen LogP contribution < -0.4 is 0 Å². The third-order valence-corrected chi connectivity index (χ3v) is 11.6. The van der Waals surface area contributed by atoms with Gasteiger partial charge in [-0.05, 0) is 25.2 Å². The van der Waals surface area contributed by atoms with Crippen LogP contribution in [-0.4, -0.2) is 48.4 Å². The first-order valence-electron chi connectivity index (χ1n) is 9.57. The highest BCUT2D eigenvalue weighted by atomic mass is 35.5. The maximum absolute atomic E-state index is 14.4. The average Bonchev–Trinajstić information content (AvgIpc) is 2.77. The molecule has 2 aromatic carbocycles. The SMILES string of the molecule is CN1C(c2ccccc2)P(=O)(OCCCl)N(C)C(c2ccccc2)P1(=O)OCCCl. The lowest BCUT2D eigenvalue weighted by Crippen LogP contribution is -2.40. The summed E-state index contributed by atoms with van der Waals surface area (Å²) >= 11 is 11.7. The van der Waals surface area contributed by atoms with Gasteiger partial charge in [-0.1, -0.05) is 60.7 Å². The Labute approximate surface area is 188 Å². The van der Waals surface area contributed by atoms with Crippen LogP contribution in [0.15, 0.2) is 60.7 Å². The molecule has 0 spiro atoms. The van der Waals surface area contributed by atoms with Gasteiger partial charge in [-0.2, -0.15) is 0 Å². The predicted octanol–water partition coefficient (Wildman–Crippen LogP) is 6.16. The van der Waals surface area contributed by atoms with E-state index >= 15 is 0 Å². The summed E-state index contributed by atoms with van der Waals surface area (Å²) in [6.45, 7) is 0.212. The van der Waals surface area contributed by atoms with E-state index < -0.39 is 26.6 Å². The number of nitrogens with zero attached hydrogens (tertiary/aromatic N) is 2. The van der Waals surface area contributed by atoms with Crippen molar-refractivity contribution in [1.82, 2.24) is 9.34 Å². The largest absolute Gasteiger partial charge is 0.315 e. The molecule has 0 saturated carbocycles. The summed E-state index contributed by atoms with van der Waals surface area (Å²) in [6, 6.07) is 18.5. The van der Waals surface area contributed by atoms with Gasteiger partial charge in [-0.25, -0.2) is 9.34 Å². The van der Waals surface area contributed by atoms with Crippen LogP contribution in [0.4, 0.5) is 0 Å². The lowest BCUT2D eigenvalue weighted by atomic mass is 10.2. The Kier molecular flexibility index (Phi) is 8.22. The fourth-order valence-corrected chi connectivity index (χ4v) is 10.7. The summed E-state index contributed by atoms with van der Waals surface area (Å²) in [5.74, 6) is -1.18. The Morgan fingerprint density at radius 3 is 1.37 bits per heavy atom. The molecular formula is C20H26Cl2N2O4P2. The van der Waals surface area contributed by atoms with Crippen molar-refractivity contribution < 1.29 is 18.2 Å². The number of halogens is 2. The fourth-order valence-electron chi connectivity index (χ4n) is 3.78. The van der Waals surface area contributed by atoms with Gasteiger partial charge in [-0.3, -0.25) is 9.13 Å². The normalized spacial score (nSPS) is 30.4. The van der Waals surface area contributed by atoms with E-state index in [9.17, 15) is 9.13 Å². The summed E-state index contributed by atoms with van der Waals surface area (Å²) < 4.78 is 43.8. The summed E-state index contributed by atoms with van der Waals surface area (Å²) in [5, 5.41) is 0. The minimum absolute atomic E-state index is 0.106. The third kappa shape index (κ3) is 4.44. The molecule has 1 heterocycles. The summed E-state index contributed by atoms with van der Waals surface area (Å²) in [7, 11) is -3.76. The molecule has 0 radical (unpaired) electrons. The van der Waals surface area contributed by atoms with Gasteiger partial charge in [0.05, 0.1) is 13.2 Å². The average molecular weight is 491 g/mol. The number of alkyl halides is 2.